The highest BCUT2D eigenvalue weighted by Crippen LogP contribution is 2.66. The van der Waals surface area contributed by atoms with Crippen molar-refractivity contribution in [2.24, 2.45) is 52.8 Å². The minimum atomic E-state index is -0.406. The molecule has 5 rings (SSSR count). The highest BCUT2D eigenvalue weighted by molar-refractivity contribution is 5.56. The molecule has 0 aromatic rings. The van der Waals surface area contributed by atoms with Crippen LogP contribution in [0.15, 0.2) is 0 Å². The molecule has 5 saturated carbocycles. The van der Waals surface area contributed by atoms with Crippen LogP contribution in [-0.2, 0) is 4.79 Å². The molecule has 0 radical (unpaired) electrons. The van der Waals surface area contributed by atoms with E-state index < -0.39 is 5.60 Å². The average Bonchev–Trinajstić information content (AvgIpc) is 3.37. The van der Waals surface area contributed by atoms with Gasteiger partial charge in [0.2, 0.25) is 0 Å². The fourth-order valence-electron chi connectivity index (χ4n) is 8.77. The highest BCUT2D eigenvalue weighted by atomic mass is 16.3. The Labute approximate surface area is 159 Å². The van der Waals surface area contributed by atoms with E-state index in [2.05, 4.69) is 13.8 Å². The molecule has 0 amide bonds. The van der Waals surface area contributed by atoms with Crippen LogP contribution in [0.1, 0.15) is 84.5 Å². The van der Waals surface area contributed by atoms with E-state index in [-0.39, 0.29) is 0 Å². The quantitative estimate of drug-likeness (QED) is 0.701. The molecule has 2 heteroatoms. The van der Waals surface area contributed by atoms with Gasteiger partial charge in [0.1, 0.15) is 6.29 Å². The van der Waals surface area contributed by atoms with Gasteiger partial charge >= 0.3 is 0 Å². The molecule has 0 aliphatic heterocycles. The number of rotatable bonds is 3. The van der Waals surface area contributed by atoms with Gasteiger partial charge in [-0.2, -0.15) is 0 Å². The Kier molecular flexibility index (Phi) is 4.13. The number of carbonyl (C=O) groups is 1. The zero-order valence-corrected chi connectivity index (χ0v) is 16.8. The van der Waals surface area contributed by atoms with Crippen molar-refractivity contribution >= 4 is 6.29 Å². The maximum atomic E-state index is 11.9. The zero-order chi connectivity index (χ0) is 18.1. The lowest BCUT2D eigenvalue weighted by Gasteiger charge is -2.57. The summed E-state index contributed by atoms with van der Waals surface area (Å²) in [5.74, 6) is 6.11. The van der Waals surface area contributed by atoms with Gasteiger partial charge < -0.3 is 9.90 Å². The third kappa shape index (κ3) is 2.65. The Morgan fingerprint density at radius 2 is 1.65 bits per heavy atom. The van der Waals surface area contributed by atoms with Crippen LogP contribution in [0.3, 0.4) is 0 Å². The largest absolute Gasteiger partial charge is 0.390 e. The fourth-order valence-corrected chi connectivity index (χ4v) is 8.77. The molecule has 1 unspecified atom stereocenters. The first-order chi connectivity index (χ1) is 12.4. The molecule has 0 aromatic carbocycles. The number of hydrogen-bond donors (Lipinski definition) is 1. The van der Waals surface area contributed by atoms with Gasteiger partial charge in [-0.3, -0.25) is 0 Å². The van der Waals surface area contributed by atoms with Gasteiger partial charge in [-0.1, -0.05) is 6.92 Å². The number of fused-ring (bicyclic) bond motifs is 5. The molecular formula is C24H38O2. The molecule has 5 aliphatic rings. The number of hydrogen-bond acceptors (Lipinski definition) is 2. The highest BCUT2D eigenvalue weighted by Gasteiger charge is 2.59. The minimum absolute atomic E-state index is 0.364. The van der Waals surface area contributed by atoms with Gasteiger partial charge in [-0.25, -0.2) is 0 Å². The summed E-state index contributed by atoms with van der Waals surface area (Å²) >= 11 is 0. The van der Waals surface area contributed by atoms with Crippen molar-refractivity contribution in [3.8, 4) is 0 Å². The predicted octanol–water partition coefficient (Wildman–Crippen LogP) is 5.23. The van der Waals surface area contributed by atoms with Crippen molar-refractivity contribution < 1.29 is 9.90 Å². The molecule has 2 nitrogen and oxygen atoms in total. The van der Waals surface area contributed by atoms with Gasteiger partial charge in [-0.15, -0.1) is 0 Å². The summed E-state index contributed by atoms with van der Waals surface area (Å²) in [4.78, 5) is 11.9. The monoisotopic (exact) mass is 358 g/mol. The van der Waals surface area contributed by atoms with Crippen molar-refractivity contribution in [2.45, 2.75) is 90.1 Å². The molecule has 5 fully saturated rings. The molecule has 0 saturated heterocycles. The van der Waals surface area contributed by atoms with Crippen LogP contribution < -0.4 is 0 Å². The molecule has 1 N–H and O–H groups in total. The van der Waals surface area contributed by atoms with Crippen LogP contribution in [0.2, 0.25) is 0 Å². The normalized spacial score (nSPS) is 54.7. The van der Waals surface area contributed by atoms with Gasteiger partial charge in [0.15, 0.2) is 0 Å². The molecule has 146 valence electrons. The molecule has 26 heavy (non-hydrogen) atoms. The third-order valence-electron chi connectivity index (χ3n) is 10.1. The van der Waals surface area contributed by atoms with E-state index in [9.17, 15) is 9.90 Å². The standard InChI is InChI=1S/C24H38O2/c1-23(26)11-9-17-16(13-23)5-6-19-18(17)10-12-24(2)21(19)7-8-22(24)20(14-25)15-3-4-15/h14-22,26H,3-13H2,1-2H3/t16-,17+,18-,19-,20?,21+,22+,23-,24+/m1/s1. The lowest BCUT2D eigenvalue weighted by atomic mass is 9.48. The maximum absolute atomic E-state index is 11.9. The first-order valence-electron chi connectivity index (χ1n) is 11.6. The molecule has 0 bridgehead atoms. The topological polar surface area (TPSA) is 37.3 Å². The van der Waals surface area contributed by atoms with E-state index in [4.69, 9.17) is 0 Å². The van der Waals surface area contributed by atoms with Crippen LogP contribution >= 0.6 is 0 Å². The Bertz CT molecular complexity index is 565. The zero-order valence-electron chi connectivity index (χ0n) is 16.8. The Hall–Kier alpha value is -0.370. The smallest absolute Gasteiger partial charge is 0.123 e. The number of aliphatic hydroxyl groups is 1. The van der Waals surface area contributed by atoms with E-state index in [0.717, 1.165) is 48.3 Å². The second-order valence-electron chi connectivity index (χ2n) is 11.5. The van der Waals surface area contributed by atoms with Crippen molar-refractivity contribution in [2.75, 3.05) is 0 Å². The van der Waals surface area contributed by atoms with Crippen LogP contribution in [-0.4, -0.2) is 17.0 Å². The van der Waals surface area contributed by atoms with Crippen LogP contribution in [0.5, 0.6) is 0 Å². The van der Waals surface area contributed by atoms with E-state index in [1.807, 2.05) is 0 Å². The second kappa shape index (κ2) is 6.06. The summed E-state index contributed by atoms with van der Waals surface area (Å²) in [5, 5.41) is 10.5. The second-order valence-corrected chi connectivity index (χ2v) is 11.5. The van der Waals surface area contributed by atoms with Crippen LogP contribution in [0, 0.1) is 52.8 Å². The predicted molar refractivity (Wildman–Crippen MR) is 104 cm³/mol. The molecule has 9 atom stereocenters. The van der Waals surface area contributed by atoms with E-state index in [0.29, 0.717) is 17.3 Å². The number of carbonyl (C=O) groups excluding carboxylic acids is 1. The molecule has 5 aliphatic carbocycles. The summed E-state index contributed by atoms with van der Waals surface area (Å²) in [6.07, 6.45) is 15.5. The van der Waals surface area contributed by atoms with Crippen molar-refractivity contribution in [3.63, 3.8) is 0 Å². The fraction of sp³-hybridized carbons (Fsp3) is 0.958. The Balaban J connectivity index is 1.36. The summed E-state index contributed by atoms with van der Waals surface area (Å²) in [5.41, 5.74) is 0.0272. The Morgan fingerprint density at radius 3 is 2.38 bits per heavy atom. The van der Waals surface area contributed by atoms with E-state index in [1.165, 1.54) is 64.1 Å². The minimum Gasteiger partial charge on any atom is -0.390 e. The first kappa shape index (κ1) is 17.7. The van der Waals surface area contributed by atoms with E-state index >= 15 is 0 Å². The van der Waals surface area contributed by atoms with Crippen molar-refractivity contribution in [1.29, 1.82) is 0 Å². The first-order valence-corrected chi connectivity index (χ1v) is 11.6. The van der Waals surface area contributed by atoms with Crippen LogP contribution in [0.4, 0.5) is 0 Å². The van der Waals surface area contributed by atoms with Gasteiger partial charge in [0.25, 0.3) is 0 Å². The SMILES string of the molecule is C[C@@]1(O)CC[C@H]2[C@H](CC[C@@H]3[C@@H]2CC[C@]2(C)[C@H](C(C=O)C4CC4)CC[C@@H]32)C1. The Morgan fingerprint density at radius 1 is 0.885 bits per heavy atom. The molecule has 0 spiro atoms. The third-order valence-corrected chi connectivity index (χ3v) is 10.1. The average molecular weight is 359 g/mol. The van der Waals surface area contributed by atoms with Crippen LogP contribution in [0.25, 0.3) is 0 Å². The molecule has 0 heterocycles. The summed E-state index contributed by atoms with van der Waals surface area (Å²) in [6.45, 7) is 4.63. The van der Waals surface area contributed by atoms with Gasteiger partial charge in [-0.05, 0) is 124 Å². The summed E-state index contributed by atoms with van der Waals surface area (Å²) < 4.78 is 0. The summed E-state index contributed by atoms with van der Waals surface area (Å²) in [7, 11) is 0. The maximum Gasteiger partial charge on any atom is 0.123 e. The van der Waals surface area contributed by atoms with Crippen molar-refractivity contribution in [1.82, 2.24) is 0 Å². The van der Waals surface area contributed by atoms with Crippen molar-refractivity contribution in [3.05, 3.63) is 0 Å². The molecular weight excluding hydrogens is 320 g/mol. The summed E-state index contributed by atoms with van der Waals surface area (Å²) in [6, 6.07) is 0. The van der Waals surface area contributed by atoms with Gasteiger partial charge in [0.05, 0.1) is 5.60 Å². The molecule has 0 aromatic heterocycles. The lowest BCUT2D eigenvalue weighted by molar-refractivity contribution is -0.120. The van der Waals surface area contributed by atoms with Gasteiger partial charge in [0, 0.05) is 5.92 Å². The lowest BCUT2D eigenvalue weighted by Crippen LogP contribution is -2.51. The number of aldehydes is 1. The van der Waals surface area contributed by atoms with E-state index in [1.54, 1.807) is 0 Å².